The summed E-state index contributed by atoms with van der Waals surface area (Å²) in [6, 6.07) is 2.21. The van der Waals surface area contributed by atoms with Crippen LogP contribution in [0.4, 0.5) is 0 Å². The Morgan fingerprint density at radius 3 is 3.00 bits per heavy atom. The summed E-state index contributed by atoms with van der Waals surface area (Å²) in [6.45, 7) is 0. The Labute approximate surface area is 107 Å². The van der Waals surface area contributed by atoms with Gasteiger partial charge in [-0.1, -0.05) is 0 Å². The maximum Gasteiger partial charge on any atom is 0.0946 e. The summed E-state index contributed by atoms with van der Waals surface area (Å²) in [5, 5.41) is 2.08. The maximum absolute atomic E-state index is 5.59. The van der Waals surface area contributed by atoms with Crippen LogP contribution in [-0.4, -0.2) is 9.55 Å². The van der Waals surface area contributed by atoms with Crippen LogP contribution in [0.5, 0.6) is 0 Å². The molecule has 0 aliphatic heterocycles. The van der Waals surface area contributed by atoms with Crippen molar-refractivity contribution in [1.82, 2.24) is 15.0 Å². The second-order valence-corrected chi connectivity index (χ2v) is 5.50. The fourth-order valence-corrected chi connectivity index (χ4v) is 3.11. The van der Waals surface area contributed by atoms with Crippen LogP contribution in [0.25, 0.3) is 0 Å². The van der Waals surface area contributed by atoms with Crippen LogP contribution in [0.1, 0.15) is 16.6 Å². The smallest absolute Gasteiger partial charge is 0.0946 e. The zero-order valence-corrected chi connectivity index (χ0v) is 11.3. The first-order valence-electron chi connectivity index (χ1n) is 4.86. The number of halogens is 1. The first-order chi connectivity index (χ1) is 7.70. The van der Waals surface area contributed by atoms with E-state index in [1.54, 1.807) is 17.7 Å². The molecule has 6 heteroatoms. The van der Waals surface area contributed by atoms with E-state index in [2.05, 4.69) is 37.8 Å². The highest BCUT2D eigenvalue weighted by Gasteiger charge is 2.14. The average Bonchev–Trinajstić information content (AvgIpc) is 2.84. The summed E-state index contributed by atoms with van der Waals surface area (Å²) < 4.78 is 3.10. The highest BCUT2D eigenvalue weighted by molar-refractivity contribution is 9.10. The minimum atomic E-state index is 0.0954. The number of hydrazine groups is 1. The Morgan fingerprint density at radius 1 is 1.69 bits per heavy atom. The van der Waals surface area contributed by atoms with Crippen molar-refractivity contribution in [2.24, 2.45) is 12.9 Å². The van der Waals surface area contributed by atoms with Crippen molar-refractivity contribution in [3.05, 3.63) is 39.0 Å². The minimum Gasteiger partial charge on any atom is -0.336 e. The van der Waals surface area contributed by atoms with Crippen LogP contribution in [0, 0.1) is 0 Å². The number of aromatic nitrogens is 2. The largest absolute Gasteiger partial charge is 0.336 e. The molecular weight excluding hydrogens is 288 g/mol. The lowest BCUT2D eigenvalue weighted by atomic mass is 10.1. The van der Waals surface area contributed by atoms with E-state index in [4.69, 9.17) is 5.84 Å². The van der Waals surface area contributed by atoms with Gasteiger partial charge in [-0.15, -0.1) is 11.3 Å². The maximum atomic E-state index is 5.59. The van der Waals surface area contributed by atoms with Crippen molar-refractivity contribution < 1.29 is 0 Å². The predicted octanol–water partition coefficient (Wildman–Crippen LogP) is 1.99. The van der Waals surface area contributed by atoms with Crippen molar-refractivity contribution in [3.8, 4) is 0 Å². The van der Waals surface area contributed by atoms with Gasteiger partial charge in [-0.3, -0.25) is 11.3 Å². The van der Waals surface area contributed by atoms with Gasteiger partial charge in [-0.25, -0.2) is 4.98 Å². The summed E-state index contributed by atoms with van der Waals surface area (Å²) in [5.41, 5.74) is 3.92. The first-order valence-corrected chi connectivity index (χ1v) is 6.53. The number of nitrogens with two attached hydrogens (primary N) is 1. The van der Waals surface area contributed by atoms with Crippen LogP contribution in [0.2, 0.25) is 0 Å². The summed E-state index contributed by atoms with van der Waals surface area (Å²) >= 11 is 5.17. The standard InChI is InChI=1S/C10H13BrN4S/c1-15-6-13-4-10(15)9(14-12)3-8-2-7(11)5-16-8/h2,4-6,9,14H,3,12H2,1H3. The molecule has 0 radical (unpaired) electrons. The van der Waals surface area contributed by atoms with Crippen molar-refractivity contribution in [1.29, 1.82) is 0 Å². The van der Waals surface area contributed by atoms with Gasteiger partial charge >= 0.3 is 0 Å². The molecular formula is C10H13BrN4S. The third-order valence-electron chi connectivity index (χ3n) is 2.44. The van der Waals surface area contributed by atoms with Gasteiger partial charge in [0, 0.05) is 34.4 Å². The zero-order valence-electron chi connectivity index (χ0n) is 8.85. The molecule has 2 heterocycles. The molecule has 3 N–H and O–H groups in total. The summed E-state index contributed by atoms with van der Waals surface area (Å²) in [7, 11) is 1.97. The number of hydrogen-bond acceptors (Lipinski definition) is 4. The molecule has 16 heavy (non-hydrogen) atoms. The lowest BCUT2D eigenvalue weighted by Crippen LogP contribution is -2.30. The molecule has 4 nitrogen and oxygen atoms in total. The molecule has 0 amide bonds. The molecule has 2 aromatic rings. The molecule has 2 rings (SSSR count). The lowest BCUT2D eigenvalue weighted by molar-refractivity contribution is 0.525. The highest BCUT2D eigenvalue weighted by atomic mass is 79.9. The van der Waals surface area contributed by atoms with Crippen LogP contribution in [-0.2, 0) is 13.5 Å². The number of aryl methyl sites for hydroxylation is 1. The Balaban J connectivity index is 2.15. The minimum absolute atomic E-state index is 0.0954. The predicted molar refractivity (Wildman–Crippen MR) is 69.0 cm³/mol. The molecule has 0 aliphatic rings. The third kappa shape index (κ3) is 2.52. The Morgan fingerprint density at radius 2 is 2.50 bits per heavy atom. The van der Waals surface area contributed by atoms with Crippen LogP contribution in [0.3, 0.4) is 0 Å². The van der Waals surface area contributed by atoms with Gasteiger partial charge < -0.3 is 4.57 Å². The molecule has 0 saturated heterocycles. The third-order valence-corrected chi connectivity index (χ3v) is 4.16. The van der Waals surface area contributed by atoms with Crippen molar-refractivity contribution in [2.45, 2.75) is 12.5 Å². The quantitative estimate of drug-likeness (QED) is 0.671. The Bertz CT molecular complexity index is 465. The fourth-order valence-electron chi connectivity index (χ4n) is 1.61. The number of nitrogens with one attached hydrogen (secondary N) is 1. The molecule has 86 valence electrons. The molecule has 0 fully saturated rings. The molecule has 2 aromatic heterocycles. The monoisotopic (exact) mass is 300 g/mol. The highest BCUT2D eigenvalue weighted by Crippen LogP contribution is 2.24. The number of imidazole rings is 1. The summed E-state index contributed by atoms with van der Waals surface area (Å²) in [4.78, 5) is 5.39. The Kier molecular flexibility index (Phi) is 3.75. The van der Waals surface area contributed by atoms with Crippen molar-refractivity contribution in [2.75, 3.05) is 0 Å². The van der Waals surface area contributed by atoms with Gasteiger partial charge in [0.2, 0.25) is 0 Å². The molecule has 0 aliphatic carbocycles. The number of hydrogen-bond donors (Lipinski definition) is 2. The van der Waals surface area contributed by atoms with Crippen molar-refractivity contribution in [3.63, 3.8) is 0 Å². The van der Waals surface area contributed by atoms with E-state index in [1.165, 1.54) is 4.88 Å². The number of rotatable bonds is 4. The van der Waals surface area contributed by atoms with E-state index in [-0.39, 0.29) is 6.04 Å². The SMILES string of the molecule is Cn1cncc1C(Cc1cc(Br)cs1)NN. The zero-order chi connectivity index (χ0) is 11.5. The van der Waals surface area contributed by atoms with E-state index >= 15 is 0 Å². The summed E-state index contributed by atoms with van der Waals surface area (Å²) in [5.74, 6) is 5.59. The molecule has 1 atom stereocenters. The normalized spacial score (nSPS) is 12.9. The number of nitrogens with zero attached hydrogens (tertiary/aromatic N) is 2. The molecule has 0 aromatic carbocycles. The van der Waals surface area contributed by atoms with Gasteiger partial charge in [0.05, 0.1) is 18.1 Å². The van der Waals surface area contributed by atoms with Gasteiger partial charge in [-0.2, -0.15) is 0 Å². The van der Waals surface area contributed by atoms with E-state index in [9.17, 15) is 0 Å². The average molecular weight is 301 g/mol. The second-order valence-electron chi connectivity index (χ2n) is 3.58. The fraction of sp³-hybridized carbons (Fsp3) is 0.300. The van der Waals surface area contributed by atoms with E-state index < -0.39 is 0 Å². The van der Waals surface area contributed by atoms with Crippen LogP contribution < -0.4 is 11.3 Å². The Hall–Kier alpha value is -0.690. The van der Waals surface area contributed by atoms with Crippen LogP contribution >= 0.6 is 27.3 Å². The molecule has 0 spiro atoms. The topological polar surface area (TPSA) is 55.9 Å². The molecule has 0 saturated carbocycles. The van der Waals surface area contributed by atoms with E-state index in [0.717, 1.165) is 16.6 Å². The van der Waals surface area contributed by atoms with Gasteiger partial charge in [-0.05, 0) is 22.0 Å². The molecule has 1 unspecified atom stereocenters. The van der Waals surface area contributed by atoms with Gasteiger partial charge in [0.1, 0.15) is 0 Å². The van der Waals surface area contributed by atoms with Gasteiger partial charge in [0.15, 0.2) is 0 Å². The van der Waals surface area contributed by atoms with Crippen molar-refractivity contribution >= 4 is 27.3 Å². The van der Waals surface area contributed by atoms with E-state index in [1.807, 2.05) is 17.8 Å². The number of thiophene rings is 1. The first kappa shape index (κ1) is 11.8. The molecule has 0 bridgehead atoms. The van der Waals surface area contributed by atoms with Gasteiger partial charge in [0.25, 0.3) is 0 Å². The lowest BCUT2D eigenvalue weighted by Gasteiger charge is -2.15. The van der Waals surface area contributed by atoms with E-state index in [0.29, 0.717) is 0 Å². The summed E-state index contributed by atoms with van der Waals surface area (Å²) in [6.07, 6.45) is 4.49. The van der Waals surface area contributed by atoms with Crippen LogP contribution in [0.15, 0.2) is 28.4 Å². The second kappa shape index (κ2) is 5.09.